The SMILES string of the molecule is CCCCCc1cccc2c3cccc(C(C)(C)C)c3n(-c3ccc(-c4cccc5c4C(=O)N(c4ccccc4)C5=O)c(-n4c5c(C(C)(C)C)cccc5c5cccc(C(C)(C)C)c54)c3C#N)c12. The van der Waals surface area contributed by atoms with E-state index in [2.05, 4.69) is 169 Å². The van der Waals surface area contributed by atoms with Crippen LogP contribution in [0.5, 0.6) is 0 Å². The van der Waals surface area contributed by atoms with Crippen molar-refractivity contribution in [1.29, 1.82) is 5.26 Å². The number of carbonyl (C=O) groups is 2. The second-order valence-corrected chi connectivity index (χ2v) is 21.8. The predicted molar refractivity (Wildman–Crippen MR) is 282 cm³/mol. The number of aryl methyl sites for hydroxylation is 1. The third-order valence-electron chi connectivity index (χ3n) is 14.1. The summed E-state index contributed by atoms with van der Waals surface area (Å²) in [5.74, 6) is -0.753. The van der Waals surface area contributed by atoms with E-state index in [1.807, 2.05) is 30.3 Å². The zero-order valence-electron chi connectivity index (χ0n) is 41.1. The van der Waals surface area contributed by atoms with E-state index >= 15 is 4.79 Å². The number of nitrogens with zero attached hydrogens (tertiary/aromatic N) is 4. The van der Waals surface area contributed by atoms with Gasteiger partial charge in [-0.3, -0.25) is 9.59 Å². The number of anilines is 1. The Kier molecular flexibility index (Phi) is 10.6. The van der Waals surface area contributed by atoms with E-state index in [0.717, 1.165) is 86.1 Å². The van der Waals surface area contributed by atoms with E-state index < -0.39 is 0 Å². The maximum atomic E-state index is 15.0. The third-order valence-corrected chi connectivity index (χ3v) is 14.1. The molecule has 0 spiro atoms. The van der Waals surface area contributed by atoms with Crippen LogP contribution in [0.2, 0.25) is 0 Å². The minimum absolute atomic E-state index is 0.234. The Morgan fingerprint density at radius 1 is 0.485 bits per heavy atom. The number of hydrogen-bond donors (Lipinski definition) is 0. The zero-order chi connectivity index (χ0) is 48.0. The van der Waals surface area contributed by atoms with E-state index in [1.54, 1.807) is 18.2 Å². The third kappa shape index (κ3) is 6.89. The first kappa shape index (κ1) is 44.6. The molecule has 0 saturated heterocycles. The Morgan fingerprint density at radius 3 is 1.51 bits per heavy atom. The molecular formula is C62H60N4O2. The van der Waals surface area contributed by atoms with Gasteiger partial charge < -0.3 is 9.13 Å². The molecule has 0 bridgehead atoms. The minimum atomic E-state index is -0.387. The first-order valence-corrected chi connectivity index (χ1v) is 24.2. The van der Waals surface area contributed by atoms with Gasteiger partial charge in [-0.2, -0.15) is 5.26 Å². The fourth-order valence-electron chi connectivity index (χ4n) is 11.0. The number of fused-ring (bicyclic) bond motifs is 7. The number of benzene rings is 7. The molecule has 0 aliphatic carbocycles. The number of amides is 2. The van der Waals surface area contributed by atoms with Gasteiger partial charge in [-0.1, -0.05) is 191 Å². The summed E-state index contributed by atoms with van der Waals surface area (Å²) in [6, 6.07) is 48.3. The summed E-state index contributed by atoms with van der Waals surface area (Å²) in [5, 5.41) is 16.7. The molecule has 0 radical (unpaired) electrons. The fourth-order valence-corrected chi connectivity index (χ4v) is 11.0. The molecule has 10 rings (SSSR count). The van der Waals surface area contributed by atoms with E-state index in [-0.39, 0.29) is 28.1 Å². The number of para-hydroxylation sites is 5. The molecule has 7 aromatic carbocycles. The van der Waals surface area contributed by atoms with Crippen LogP contribution < -0.4 is 4.90 Å². The van der Waals surface area contributed by atoms with E-state index in [1.165, 1.54) is 16.0 Å². The van der Waals surface area contributed by atoms with Gasteiger partial charge in [0.05, 0.1) is 50.3 Å². The van der Waals surface area contributed by atoms with Crippen LogP contribution >= 0.6 is 0 Å². The number of nitriles is 1. The first-order chi connectivity index (χ1) is 32.5. The van der Waals surface area contributed by atoms with Crippen molar-refractivity contribution in [3.63, 3.8) is 0 Å². The van der Waals surface area contributed by atoms with Crippen LogP contribution in [0.25, 0.3) is 66.1 Å². The summed E-state index contributed by atoms with van der Waals surface area (Å²) >= 11 is 0. The van der Waals surface area contributed by atoms with Crippen molar-refractivity contribution in [2.75, 3.05) is 4.90 Å². The van der Waals surface area contributed by atoms with Crippen molar-refractivity contribution in [2.24, 2.45) is 0 Å². The van der Waals surface area contributed by atoms with Crippen LogP contribution in [0, 0.1) is 11.3 Å². The molecule has 0 fully saturated rings. The van der Waals surface area contributed by atoms with Gasteiger partial charge in [0, 0.05) is 27.1 Å². The molecule has 1 aliphatic heterocycles. The number of carbonyl (C=O) groups excluding carboxylic acids is 2. The van der Waals surface area contributed by atoms with Gasteiger partial charge in [-0.05, 0) is 81.2 Å². The van der Waals surface area contributed by atoms with Crippen LogP contribution in [0.3, 0.4) is 0 Å². The molecule has 3 heterocycles. The molecule has 2 amide bonds. The smallest absolute Gasteiger partial charge is 0.266 e. The minimum Gasteiger partial charge on any atom is -0.307 e. The normalized spacial score (nSPS) is 13.4. The molecule has 9 aromatic rings. The molecule has 68 heavy (non-hydrogen) atoms. The molecule has 340 valence electrons. The van der Waals surface area contributed by atoms with E-state index in [9.17, 15) is 10.1 Å². The largest absolute Gasteiger partial charge is 0.307 e. The van der Waals surface area contributed by atoms with Crippen LogP contribution in [0.15, 0.2) is 133 Å². The topological polar surface area (TPSA) is 71.0 Å². The average Bonchev–Trinajstić information content (AvgIpc) is 3.92. The molecule has 0 N–H and O–H groups in total. The maximum Gasteiger partial charge on any atom is 0.266 e. The highest BCUT2D eigenvalue weighted by Crippen LogP contribution is 2.49. The van der Waals surface area contributed by atoms with Crippen LogP contribution in [0.1, 0.15) is 137 Å². The highest BCUT2D eigenvalue weighted by Gasteiger charge is 2.40. The standard InChI is InChI=1S/C62H60N4O2/c1-11-12-14-22-38-23-17-27-41-42-28-19-32-48(60(2,3)4)55(42)65(53(38)41)51-36-35-45(40-26-18-31-46-52(40)59(68)64(58(46)67)39-24-15-13-16-25-39)54(47(51)37-63)66-56-43(29-20-33-49(56)61(5,6)7)44-30-21-34-50(57(44)66)62(8,9)10/h13,15-21,23-36H,11-12,14,22H2,1-10H3. The summed E-state index contributed by atoms with van der Waals surface area (Å²) in [4.78, 5) is 30.7. The summed E-state index contributed by atoms with van der Waals surface area (Å²) in [5.41, 5.74) is 12.5. The lowest BCUT2D eigenvalue weighted by Crippen LogP contribution is -2.29. The lowest BCUT2D eigenvalue weighted by atomic mass is 9.85. The molecule has 0 atom stereocenters. The predicted octanol–water partition coefficient (Wildman–Crippen LogP) is 15.8. The molecular weight excluding hydrogens is 833 g/mol. The van der Waals surface area contributed by atoms with Crippen molar-refractivity contribution in [1.82, 2.24) is 9.13 Å². The maximum absolute atomic E-state index is 15.0. The Morgan fingerprint density at radius 2 is 0.985 bits per heavy atom. The van der Waals surface area contributed by atoms with Gasteiger partial charge in [0.2, 0.25) is 0 Å². The van der Waals surface area contributed by atoms with Gasteiger partial charge in [-0.15, -0.1) is 0 Å². The van der Waals surface area contributed by atoms with Gasteiger partial charge in [-0.25, -0.2) is 4.90 Å². The molecule has 2 aromatic heterocycles. The molecule has 0 saturated carbocycles. The molecule has 6 nitrogen and oxygen atoms in total. The van der Waals surface area contributed by atoms with Crippen molar-refractivity contribution in [3.05, 3.63) is 172 Å². The highest BCUT2D eigenvalue weighted by molar-refractivity contribution is 6.36. The quantitative estimate of drug-likeness (QED) is 0.113. The zero-order valence-corrected chi connectivity index (χ0v) is 41.1. The lowest BCUT2D eigenvalue weighted by Gasteiger charge is -2.27. The van der Waals surface area contributed by atoms with Crippen molar-refractivity contribution >= 4 is 61.1 Å². The van der Waals surface area contributed by atoms with Gasteiger partial charge in [0.1, 0.15) is 11.6 Å². The molecule has 0 unspecified atom stereocenters. The Hall–Kier alpha value is -7.23. The monoisotopic (exact) mass is 892 g/mol. The first-order valence-electron chi connectivity index (χ1n) is 24.2. The average molecular weight is 893 g/mol. The number of hydrogen-bond acceptors (Lipinski definition) is 3. The van der Waals surface area contributed by atoms with E-state index in [4.69, 9.17) is 0 Å². The van der Waals surface area contributed by atoms with Crippen molar-refractivity contribution in [3.8, 4) is 28.6 Å². The Labute approximate surface area is 400 Å². The summed E-state index contributed by atoms with van der Waals surface area (Å²) < 4.78 is 4.75. The highest BCUT2D eigenvalue weighted by atomic mass is 16.2. The number of rotatable bonds is 8. The van der Waals surface area contributed by atoms with Gasteiger partial charge in [0.15, 0.2) is 0 Å². The van der Waals surface area contributed by atoms with E-state index in [0.29, 0.717) is 39.2 Å². The van der Waals surface area contributed by atoms with Gasteiger partial charge >= 0.3 is 0 Å². The summed E-state index contributed by atoms with van der Waals surface area (Å²) in [6.07, 6.45) is 4.19. The van der Waals surface area contributed by atoms with Crippen LogP contribution in [0.4, 0.5) is 5.69 Å². The number of aromatic nitrogens is 2. The summed E-state index contributed by atoms with van der Waals surface area (Å²) in [7, 11) is 0. The number of imide groups is 1. The number of unbranched alkanes of at least 4 members (excludes halogenated alkanes) is 2. The molecule has 1 aliphatic rings. The van der Waals surface area contributed by atoms with Crippen LogP contribution in [-0.4, -0.2) is 20.9 Å². The fraction of sp³-hybridized carbons (Fsp3) is 0.274. The van der Waals surface area contributed by atoms with Gasteiger partial charge in [0.25, 0.3) is 11.8 Å². The lowest BCUT2D eigenvalue weighted by molar-refractivity contribution is 0.0926. The molecule has 6 heteroatoms. The second-order valence-electron chi connectivity index (χ2n) is 21.8. The summed E-state index contributed by atoms with van der Waals surface area (Å²) in [6.45, 7) is 22.5. The van der Waals surface area contributed by atoms with Crippen molar-refractivity contribution in [2.45, 2.75) is 111 Å². The second kappa shape index (κ2) is 16.2. The Bertz CT molecular complexity index is 3500. The Balaban J connectivity index is 1.44. The van der Waals surface area contributed by atoms with Crippen LogP contribution in [-0.2, 0) is 22.7 Å². The van der Waals surface area contributed by atoms with Crippen molar-refractivity contribution < 1.29 is 9.59 Å².